The van der Waals surface area contributed by atoms with Gasteiger partial charge in [-0.1, -0.05) is 35.9 Å². The third-order valence-electron chi connectivity index (χ3n) is 3.48. The van der Waals surface area contributed by atoms with Gasteiger partial charge < -0.3 is 4.42 Å². The summed E-state index contributed by atoms with van der Waals surface area (Å²) in [6.45, 7) is 4.13. The lowest BCUT2D eigenvalue weighted by atomic mass is 10.1. The van der Waals surface area contributed by atoms with Crippen LogP contribution < -0.4 is 0 Å². The highest BCUT2D eigenvalue weighted by molar-refractivity contribution is 8.00. The first-order valence-electron chi connectivity index (χ1n) is 6.84. The molecule has 0 radical (unpaired) electrons. The maximum absolute atomic E-state index is 12.4. The monoisotopic (exact) mass is 296 g/mol. The Bertz CT molecular complexity index is 802. The molecule has 0 aliphatic heterocycles. The number of rotatable bonds is 4. The van der Waals surface area contributed by atoms with Gasteiger partial charge in [0, 0.05) is 10.3 Å². The van der Waals surface area contributed by atoms with Crippen molar-refractivity contribution in [3.63, 3.8) is 0 Å². The number of hydrogen-bond donors (Lipinski definition) is 0. The van der Waals surface area contributed by atoms with Crippen LogP contribution in [0.25, 0.3) is 11.0 Å². The van der Waals surface area contributed by atoms with Crippen molar-refractivity contribution in [1.29, 1.82) is 0 Å². The van der Waals surface area contributed by atoms with E-state index in [9.17, 15) is 4.79 Å². The van der Waals surface area contributed by atoms with Gasteiger partial charge in [0.2, 0.25) is 0 Å². The minimum atomic E-state index is 0.103. The molecule has 0 saturated heterocycles. The zero-order valence-corrected chi connectivity index (χ0v) is 12.9. The Labute approximate surface area is 128 Å². The van der Waals surface area contributed by atoms with Crippen molar-refractivity contribution in [2.45, 2.75) is 18.7 Å². The summed E-state index contributed by atoms with van der Waals surface area (Å²) >= 11 is 1.58. The molecule has 0 aliphatic rings. The van der Waals surface area contributed by atoms with Gasteiger partial charge >= 0.3 is 0 Å². The summed E-state index contributed by atoms with van der Waals surface area (Å²) in [7, 11) is 0. The van der Waals surface area contributed by atoms with E-state index in [1.807, 2.05) is 24.3 Å². The summed E-state index contributed by atoms with van der Waals surface area (Å²) in [6.07, 6.45) is 1.57. The maximum Gasteiger partial charge on any atom is 0.176 e. The van der Waals surface area contributed by atoms with E-state index in [0.717, 1.165) is 15.9 Å². The number of carbonyl (C=O) groups excluding carboxylic acids is 1. The summed E-state index contributed by atoms with van der Waals surface area (Å²) < 4.78 is 5.43. The van der Waals surface area contributed by atoms with Gasteiger partial charge in [-0.2, -0.15) is 0 Å². The second-order valence-corrected chi connectivity index (χ2v) is 6.14. The van der Waals surface area contributed by atoms with Crippen LogP contribution in [0.3, 0.4) is 0 Å². The summed E-state index contributed by atoms with van der Waals surface area (Å²) in [5.41, 5.74) is 3.85. The average molecular weight is 296 g/mol. The van der Waals surface area contributed by atoms with Crippen LogP contribution in [-0.2, 0) is 0 Å². The van der Waals surface area contributed by atoms with Crippen molar-refractivity contribution in [3.05, 3.63) is 65.4 Å². The Hall–Kier alpha value is -2.00. The van der Waals surface area contributed by atoms with Gasteiger partial charge in [-0.05, 0) is 31.5 Å². The summed E-state index contributed by atoms with van der Waals surface area (Å²) in [4.78, 5) is 13.6. The molecular weight excluding hydrogens is 280 g/mol. The fourth-order valence-electron chi connectivity index (χ4n) is 2.28. The van der Waals surface area contributed by atoms with E-state index in [1.54, 1.807) is 18.0 Å². The predicted molar refractivity (Wildman–Crippen MR) is 87.2 cm³/mol. The van der Waals surface area contributed by atoms with Gasteiger partial charge in [0.15, 0.2) is 5.78 Å². The highest BCUT2D eigenvalue weighted by Gasteiger charge is 2.14. The zero-order valence-electron chi connectivity index (χ0n) is 12.1. The van der Waals surface area contributed by atoms with Crippen LogP contribution in [0.5, 0.6) is 0 Å². The average Bonchev–Trinajstić information content (AvgIpc) is 2.92. The number of ketones is 1. The Kier molecular flexibility index (Phi) is 3.84. The molecular formula is C18H16O2S. The molecule has 1 heterocycles. The molecule has 0 spiro atoms. The van der Waals surface area contributed by atoms with Gasteiger partial charge in [-0.3, -0.25) is 4.79 Å². The number of Topliss-reactive ketones (excluding diaryl/α,β-unsaturated/α-hetero) is 1. The fraction of sp³-hybridized carbons (Fsp3) is 0.167. The molecule has 106 valence electrons. The number of benzene rings is 2. The summed E-state index contributed by atoms with van der Waals surface area (Å²) in [5, 5.41) is 0.893. The van der Waals surface area contributed by atoms with Gasteiger partial charge in [0.1, 0.15) is 11.8 Å². The number of furan rings is 1. The van der Waals surface area contributed by atoms with Crippen LogP contribution in [0.1, 0.15) is 21.5 Å². The lowest BCUT2D eigenvalue weighted by Crippen LogP contribution is -2.01. The maximum atomic E-state index is 12.4. The van der Waals surface area contributed by atoms with Crippen molar-refractivity contribution in [3.8, 4) is 0 Å². The molecule has 0 atom stereocenters. The zero-order chi connectivity index (χ0) is 14.8. The first-order chi connectivity index (χ1) is 10.1. The van der Waals surface area contributed by atoms with Crippen molar-refractivity contribution in [1.82, 2.24) is 0 Å². The molecule has 0 unspecified atom stereocenters. The third kappa shape index (κ3) is 2.88. The van der Waals surface area contributed by atoms with E-state index >= 15 is 0 Å². The smallest absolute Gasteiger partial charge is 0.176 e. The van der Waals surface area contributed by atoms with Crippen molar-refractivity contribution in [2.75, 3.05) is 5.75 Å². The van der Waals surface area contributed by atoms with Gasteiger partial charge in [0.05, 0.1) is 11.3 Å². The van der Waals surface area contributed by atoms with Crippen molar-refractivity contribution < 1.29 is 9.21 Å². The molecule has 0 amide bonds. The Morgan fingerprint density at radius 3 is 2.81 bits per heavy atom. The van der Waals surface area contributed by atoms with E-state index in [-0.39, 0.29) is 5.78 Å². The molecule has 1 aromatic heterocycles. The topological polar surface area (TPSA) is 30.2 Å². The molecule has 21 heavy (non-hydrogen) atoms. The predicted octanol–water partition coefficient (Wildman–Crippen LogP) is 5.02. The fourth-order valence-corrected chi connectivity index (χ4v) is 3.28. The number of para-hydroxylation sites is 1. The minimum Gasteiger partial charge on any atom is -0.464 e. The second kappa shape index (κ2) is 5.78. The molecule has 0 N–H and O–H groups in total. The largest absolute Gasteiger partial charge is 0.464 e. The number of fused-ring (bicyclic) bond motifs is 1. The van der Waals surface area contributed by atoms with Crippen LogP contribution in [-0.4, -0.2) is 11.5 Å². The lowest BCUT2D eigenvalue weighted by Gasteiger charge is -2.06. The first kappa shape index (κ1) is 14.0. The normalized spacial score (nSPS) is 11.0. The number of aryl methyl sites for hydroxylation is 2. The molecule has 0 bridgehead atoms. The van der Waals surface area contributed by atoms with Crippen LogP contribution in [0.4, 0.5) is 0 Å². The van der Waals surface area contributed by atoms with Crippen molar-refractivity contribution in [2.24, 2.45) is 0 Å². The van der Waals surface area contributed by atoms with Gasteiger partial charge in [-0.25, -0.2) is 0 Å². The van der Waals surface area contributed by atoms with E-state index in [1.165, 1.54) is 11.1 Å². The molecule has 3 aromatic rings. The van der Waals surface area contributed by atoms with Crippen molar-refractivity contribution >= 4 is 28.5 Å². The SMILES string of the molecule is Cc1ccc(C)c(SCC(=O)c2coc3ccccc23)c1. The molecule has 0 aliphatic carbocycles. The van der Waals surface area contributed by atoms with Gasteiger partial charge in [0.25, 0.3) is 0 Å². The highest BCUT2D eigenvalue weighted by Crippen LogP contribution is 2.27. The van der Waals surface area contributed by atoms with E-state index < -0.39 is 0 Å². The molecule has 2 nitrogen and oxygen atoms in total. The van der Waals surface area contributed by atoms with Crippen LogP contribution in [0.2, 0.25) is 0 Å². The second-order valence-electron chi connectivity index (χ2n) is 5.13. The first-order valence-corrected chi connectivity index (χ1v) is 7.83. The summed E-state index contributed by atoms with van der Waals surface area (Å²) in [6, 6.07) is 13.9. The van der Waals surface area contributed by atoms with E-state index in [0.29, 0.717) is 11.3 Å². The Morgan fingerprint density at radius 1 is 1.14 bits per heavy atom. The quantitative estimate of drug-likeness (QED) is 0.500. The highest BCUT2D eigenvalue weighted by atomic mass is 32.2. The number of thioether (sulfide) groups is 1. The Morgan fingerprint density at radius 2 is 1.95 bits per heavy atom. The van der Waals surface area contributed by atoms with Crippen LogP contribution in [0.15, 0.2) is 58.0 Å². The molecule has 2 aromatic carbocycles. The van der Waals surface area contributed by atoms with E-state index in [2.05, 4.69) is 32.0 Å². The minimum absolute atomic E-state index is 0.103. The van der Waals surface area contributed by atoms with Gasteiger partial charge in [-0.15, -0.1) is 11.8 Å². The standard InChI is InChI=1S/C18H16O2S/c1-12-7-8-13(2)18(9-12)21-11-16(19)15-10-20-17-6-4-3-5-14(15)17/h3-10H,11H2,1-2H3. The third-order valence-corrected chi connectivity index (χ3v) is 4.64. The molecule has 3 heteroatoms. The molecule has 0 saturated carbocycles. The lowest BCUT2D eigenvalue weighted by molar-refractivity contribution is 0.102. The molecule has 0 fully saturated rings. The summed E-state index contributed by atoms with van der Waals surface area (Å²) in [5.74, 6) is 0.527. The number of hydrogen-bond acceptors (Lipinski definition) is 3. The van der Waals surface area contributed by atoms with E-state index in [4.69, 9.17) is 4.42 Å². The molecule has 3 rings (SSSR count). The Balaban J connectivity index is 1.79. The van der Waals surface area contributed by atoms with Crippen LogP contribution >= 0.6 is 11.8 Å². The van der Waals surface area contributed by atoms with Crippen LogP contribution in [0, 0.1) is 13.8 Å². The number of carbonyl (C=O) groups is 1.